The molecule has 140 valence electrons. The average Bonchev–Trinajstić information content (AvgIpc) is 2.83. The normalized spacial score (nSPS) is 22.6. The molecule has 0 saturated heterocycles. The Kier molecular flexibility index (Phi) is 6.05. The van der Waals surface area contributed by atoms with E-state index >= 15 is 0 Å². The molecule has 2 rings (SSSR count). The predicted molar refractivity (Wildman–Crippen MR) is 90.6 cm³/mol. The molecule has 1 aromatic carbocycles. The van der Waals surface area contributed by atoms with Crippen LogP contribution < -0.4 is 0 Å². The summed E-state index contributed by atoms with van der Waals surface area (Å²) in [4.78, 5) is 14.3. The summed E-state index contributed by atoms with van der Waals surface area (Å²) < 4.78 is 21.2. The quantitative estimate of drug-likeness (QED) is 0.793. The molecule has 2 atom stereocenters. The standard InChI is InChI=1S/C18H27NO6/c1-17(2,3)19(16(21)24-11-22-4)18(25-12-23-5)10-15(20)13-8-6-7-9-14(13)18/h6-9,15,20H,10-12H2,1-5H3. The molecule has 0 bridgehead atoms. The molecule has 0 aromatic heterocycles. The number of carbonyl (C=O) groups is 1. The molecule has 0 spiro atoms. The van der Waals surface area contributed by atoms with Crippen LogP contribution in [-0.2, 0) is 24.7 Å². The molecule has 7 heteroatoms. The number of aliphatic hydroxyl groups is 1. The number of hydrogen-bond donors (Lipinski definition) is 1. The number of amides is 1. The first-order chi connectivity index (χ1) is 11.8. The van der Waals surface area contributed by atoms with Gasteiger partial charge in [0, 0.05) is 31.7 Å². The second-order valence-corrected chi connectivity index (χ2v) is 6.97. The Morgan fingerprint density at radius 3 is 2.48 bits per heavy atom. The van der Waals surface area contributed by atoms with Crippen LogP contribution >= 0.6 is 0 Å². The summed E-state index contributed by atoms with van der Waals surface area (Å²) in [6.45, 7) is 5.44. The third kappa shape index (κ3) is 3.79. The third-order valence-electron chi connectivity index (χ3n) is 4.14. The van der Waals surface area contributed by atoms with Gasteiger partial charge in [-0.15, -0.1) is 0 Å². The largest absolute Gasteiger partial charge is 0.422 e. The van der Waals surface area contributed by atoms with Crippen LogP contribution in [-0.4, -0.2) is 49.4 Å². The van der Waals surface area contributed by atoms with Gasteiger partial charge in [-0.2, -0.15) is 0 Å². The SMILES string of the molecule is COCOC(=O)N(C(C)(C)C)C1(OCOC)CC(O)c2ccccc21. The monoisotopic (exact) mass is 353 g/mol. The minimum Gasteiger partial charge on any atom is -0.422 e. The molecule has 0 saturated carbocycles. The van der Waals surface area contributed by atoms with E-state index in [4.69, 9.17) is 18.9 Å². The van der Waals surface area contributed by atoms with E-state index in [1.165, 1.54) is 19.1 Å². The molecule has 0 heterocycles. The van der Waals surface area contributed by atoms with Gasteiger partial charge in [-0.3, -0.25) is 4.90 Å². The van der Waals surface area contributed by atoms with Crippen LogP contribution in [0.25, 0.3) is 0 Å². The number of methoxy groups -OCH3 is 2. The highest BCUT2D eigenvalue weighted by Crippen LogP contribution is 2.50. The molecule has 25 heavy (non-hydrogen) atoms. The summed E-state index contributed by atoms with van der Waals surface area (Å²) in [5.41, 5.74) is -0.388. The van der Waals surface area contributed by atoms with Gasteiger partial charge in [0.05, 0.1) is 6.10 Å². The van der Waals surface area contributed by atoms with Gasteiger partial charge in [-0.05, 0) is 26.3 Å². The summed E-state index contributed by atoms with van der Waals surface area (Å²) in [6.07, 6.45) is -1.16. The fourth-order valence-electron chi connectivity index (χ4n) is 3.33. The summed E-state index contributed by atoms with van der Waals surface area (Å²) in [6, 6.07) is 7.38. The number of carbonyl (C=O) groups excluding carboxylic acids is 1. The van der Waals surface area contributed by atoms with Crippen LogP contribution in [0, 0.1) is 0 Å². The minimum absolute atomic E-state index is 0.0365. The Morgan fingerprint density at radius 2 is 1.88 bits per heavy atom. The van der Waals surface area contributed by atoms with E-state index in [0.717, 1.165) is 11.1 Å². The fourth-order valence-corrected chi connectivity index (χ4v) is 3.33. The third-order valence-corrected chi connectivity index (χ3v) is 4.14. The van der Waals surface area contributed by atoms with Crippen molar-refractivity contribution in [3.8, 4) is 0 Å². The van der Waals surface area contributed by atoms with Crippen molar-refractivity contribution in [1.29, 1.82) is 0 Å². The number of fused-ring (bicyclic) bond motifs is 1. The smallest absolute Gasteiger partial charge is 0.414 e. The first-order valence-electron chi connectivity index (χ1n) is 8.14. The second-order valence-electron chi connectivity index (χ2n) is 6.97. The molecule has 0 radical (unpaired) electrons. The maximum Gasteiger partial charge on any atom is 0.414 e. The van der Waals surface area contributed by atoms with Crippen LogP contribution in [0.3, 0.4) is 0 Å². The maximum absolute atomic E-state index is 12.8. The van der Waals surface area contributed by atoms with E-state index in [2.05, 4.69) is 0 Å². The zero-order chi connectivity index (χ0) is 18.7. The van der Waals surface area contributed by atoms with Crippen LogP contribution in [0.4, 0.5) is 4.79 Å². The fraction of sp³-hybridized carbons (Fsp3) is 0.611. The van der Waals surface area contributed by atoms with E-state index in [0.29, 0.717) is 0 Å². The zero-order valence-electron chi connectivity index (χ0n) is 15.4. The van der Waals surface area contributed by atoms with Crippen molar-refractivity contribution in [2.75, 3.05) is 27.8 Å². The van der Waals surface area contributed by atoms with E-state index < -0.39 is 23.5 Å². The molecule has 1 amide bonds. The van der Waals surface area contributed by atoms with Gasteiger partial charge in [-0.25, -0.2) is 4.79 Å². The number of ether oxygens (including phenoxy) is 4. The van der Waals surface area contributed by atoms with Gasteiger partial charge < -0.3 is 24.1 Å². The Morgan fingerprint density at radius 1 is 1.24 bits per heavy atom. The topological polar surface area (TPSA) is 77.5 Å². The number of nitrogens with zero attached hydrogens (tertiary/aromatic N) is 1. The first-order valence-corrected chi connectivity index (χ1v) is 8.14. The molecule has 2 unspecified atom stereocenters. The Balaban J connectivity index is 2.56. The van der Waals surface area contributed by atoms with E-state index in [-0.39, 0.29) is 20.0 Å². The maximum atomic E-state index is 12.8. The molecule has 1 aliphatic carbocycles. The second kappa shape index (κ2) is 7.70. The van der Waals surface area contributed by atoms with Crippen molar-refractivity contribution in [2.24, 2.45) is 0 Å². The lowest BCUT2D eigenvalue weighted by atomic mass is 9.96. The number of benzene rings is 1. The van der Waals surface area contributed by atoms with Crippen molar-refractivity contribution < 1.29 is 28.8 Å². The molecule has 0 aliphatic heterocycles. The molecular weight excluding hydrogens is 326 g/mol. The van der Waals surface area contributed by atoms with Crippen LogP contribution in [0.5, 0.6) is 0 Å². The van der Waals surface area contributed by atoms with Crippen molar-refractivity contribution in [1.82, 2.24) is 4.90 Å². The van der Waals surface area contributed by atoms with Gasteiger partial charge in [0.1, 0.15) is 6.79 Å². The van der Waals surface area contributed by atoms with E-state index in [1.54, 1.807) is 0 Å². The highest BCUT2D eigenvalue weighted by atomic mass is 16.7. The molecule has 1 N–H and O–H groups in total. The zero-order valence-corrected chi connectivity index (χ0v) is 15.4. The minimum atomic E-state index is -1.20. The van der Waals surface area contributed by atoms with Gasteiger partial charge in [-0.1, -0.05) is 24.3 Å². The van der Waals surface area contributed by atoms with Crippen LogP contribution in [0.1, 0.15) is 44.4 Å². The molecule has 1 aromatic rings. The van der Waals surface area contributed by atoms with Crippen molar-refractivity contribution in [3.05, 3.63) is 35.4 Å². The van der Waals surface area contributed by atoms with E-state index in [9.17, 15) is 9.90 Å². The highest BCUT2D eigenvalue weighted by Gasteiger charge is 2.54. The molecule has 0 fully saturated rings. The van der Waals surface area contributed by atoms with Crippen molar-refractivity contribution in [2.45, 2.75) is 44.6 Å². The van der Waals surface area contributed by atoms with Crippen molar-refractivity contribution in [3.63, 3.8) is 0 Å². The average molecular weight is 353 g/mol. The molecule has 7 nitrogen and oxygen atoms in total. The lowest BCUT2D eigenvalue weighted by molar-refractivity contribution is -0.227. The van der Waals surface area contributed by atoms with Crippen molar-refractivity contribution >= 4 is 6.09 Å². The number of hydrogen-bond acceptors (Lipinski definition) is 6. The Labute approximate surface area is 148 Å². The summed E-state index contributed by atoms with van der Waals surface area (Å²) in [7, 11) is 2.95. The number of rotatable bonds is 6. The van der Waals surface area contributed by atoms with Gasteiger partial charge >= 0.3 is 6.09 Å². The summed E-state index contributed by atoms with van der Waals surface area (Å²) >= 11 is 0. The van der Waals surface area contributed by atoms with Gasteiger partial charge in [0.2, 0.25) is 0 Å². The lowest BCUT2D eigenvalue weighted by Gasteiger charge is -2.47. The van der Waals surface area contributed by atoms with E-state index in [1.807, 2.05) is 45.0 Å². The number of aliphatic hydroxyl groups excluding tert-OH is 1. The predicted octanol–water partition coefficient (Wildman–Crippen LogP) is 2.74. The first kappa shape index (κ1) is 19.7. The summed E-state index contributed by atoms with van der Waals surface area (Å²) in [5.74, 6) is 0. The van der Waals surface area contributed by atoms with Crippen LogP contribution in [0.15, 0.2) is 24.3 Å². The summed E-state index contributed by atoms with van der Waals surface area (Å²) in [5, 5.41) is 10.6. The lowest BCUT2D eigenvalue weighted by Crippen LogP contribution is -2.59. The van der Waals surface area contributed by atoms with Crippen LogP contribution in [0.2, 0.25) is 0 Å². The highest BCUT2D eigenvalue weighted by molar-refractivity contribution is 5.70. The molecular formula is C18H27NO6. The van der Waals surface area contributed by atoms with Gasteiger partial charge in [0.15, 0.2) is 12.5 Å². The Hall–Kier alpha value is -1.67. The molecule has 1 aliphatic rings. The Bertz CT molecular complexity index is 599. The van der Waals surface area contributed by atoms with Gasteiger partial charge in [0.25, 0.3) is 0 Å².